The van der Waals surface area contributed by atoms with E-state index in [0.29, 0.717) is 24.5 Å². The summed E-state index contributed by atoms with van der Waals surface area (Å²) in [7, 11) is 0. The number of nitrogens with zero attached hydrogens (tertiary/aromatic N) is 3. The minimum atomic E-state index is -0.962. The van der Waals surface area contributed by atoms with Crippen LogP contribution in [0.1, 0.15) is 27.7 Å². The minimum absolute atomic E-state index is 0.218. The predicted octanol–water partition coefficient (Wildman–Crippen LogP) is 2.16. The lowest BCUT2D eigenvalue weighted by Gasteiger charge is -2.28. The number of aliphatic carboxylic acids is 1. The molecule has 0 amide bonds. The molecule has 0 aromatic rings. The summed E-state index contributed by atoms with van der Waals surface area (Å²) in [6, 6.07) is 0. The van der Waals surface area contributed by atoms with E-state index < -0.39 is 5.97 Å². The smallest absolute Gasteiger partial charge is 0.337 e. The highest BCUT2D eigenvalue weighted by Crippen LogP contribution is 2.19. The fourth-order valence-electron chi connectivity index (χ4n) is 2.19. The third-order valence-corrected chi connectivity index (χ3v) is 3.10. The van der Waals surface area contributed by atoms with Gasteiger partial charge in [-0.25, -0.2) is 4.79 Å². The Bertz CT molecular complexity index is 483. The van der Waals surface area contributed by atoms with Crippen LogP contribution in [-0.4, -0.2) is 53.6 Å². The lowest BCUT2D eigenvalue weighted by atomic mass is 9.96. The molecule has 0 aromatic carbocycles. The largest absolute Gasteiger partial charge is 0.478 e. The molecule has 0 spiro atoms. The van der Waals surface area contributed by atoms with Gasteiger partial charge in [-0.3, -0.25) is 9.98 Å². The average Bonchev–Trinajstić information content (AvgIpc) is 2.43. The summed E-state index contributed by atoms with van der Waals surface area (Å²) in [5, 5.41) is 9.31. The first-order chi connectivity index (χ1) is 9.60. The molecular formula is C15H23N3O2. The molecule has 1 rings (SSSR count). The molecule has 0 unspecified atom stereocenters. The van der Waals surface area contributed by atoms with E-state index in [1.807, 2.05) is 19.9 Å². The number of aliphatic imine (C=N–C) groups is 2. The van der Waals surface area contributed by atoms with Gasteiger partial charge < -0.3 is 10.0 Å². The van der Waals surface area contributed by atoms with Crippen LogP contribution in [-0.2, 0) is 4.79 Å². The van der Waals surface area contributed by atoms with Crippen LogP contribution in [0.3, 0.4) is 0 Å². The van der Waals surface area contributed by atoms with Crippen molar-refractivity contribution in [2.45, 2.75) is 27.7 Å². The standard InChI is InChI=1S/C15H23N3O2/c1-5-16-13-11(15(19)20)9-10-12(14(13)17-6-2)18(7-3)8-4/h9-10H,5-8H2,1-4H3,(H,19,20). The first kappa shape index (κ1) is 16.1. The zero-order valence-corrected chi connectivity index (χ0v) is 12.7. The third kappa shape index (κ3) is 3.35. The zero-order valence-electron chi connectivity index (χ0n) is 12.7. The van der Waals surface area contributed by atoms with Gasteiger partial charge in [0.2, 0.25) is 0 Å². The van der Waals surface area contributed by atoms with E-state index in [-0.39, 0.29) is 5.57 Å². The monoisotopic (exact) mass is 277 g/mol. The highest BCUT2D eigenvalue weighted by molar-refractivity contribution is 6.58. The molecule has 0 saturated heterocycles. The summed E-state index contributed by atoms with van der Waals surface area (Å²) in [4.78, 5) is 22.4. The topological polar surface area (TPSA) is 65.3 Å². The maximum absolute atomic E-state index is 11.4. The molecular weight excluding hydrogens is 254 g/mol. The normalized spacial score (nSPS) is 19.0. The summed E-state index contributed by atoms with van der Waals surface area (Å²) >= 11 is 0. The SMILES string of the molecule is CCN=C1C(C(=O)O)=CC=C(N(CC)CC)C1=NCC. The second kappa shape index (κ2) is 7.62. The van der Waals surface area contributed by atoms with Crippen molar-refractivity contribution in [3.63, 3.8) is 0 Å². The highest BCUT2D eigenvalue weighted by atomic mass is 16.4. The Labute approximate surface area is 120 Å². The Morgan fingerprint density at radius 1 is 1.05 bits per heavy atom. The maximum Gasteiger partial charge on any atom is 0.337 e. The zero-order chi connectivity index (χ0) is 15.1. The van der Waals surface area contributed by atoms with Crippen LogP contribution in [0.2, 0.25) is 0 Å². The number of rotatable bonds is 6. The first-order valence-corrected chi connectivity index (χ1v) is 7.10. The van der Waals surface area contributed by atoms with E-state index in [1.165, 1.54) is 0 Å². The number of allylic oxidation sites excluding steroid dienone is 3. The molecule has 0 saturated carbocycles. The van der Waals surface area contributed by atoms with E-state index in [4.69, 9.17) is 0 Å². The van der Waals surface area contributed by atoms with Crippen molar-refractivity contribution in [3.05, 3.63) is 23.4 Å². The van der Waals surface area contributed by atoms with Crippen LogP contribution in [0.5, 0.6) is 0 Å². The molecule has 1 aliphatic rings. The second-order valence-corrected chi connectivity index (χ2v) is 4.26. The van der Waals surface area contributed by atoms with Gasteiger partial charge in [-0.15, -0.1) is 0 Å². The van der Waals surface area contributed by atoms with Crippen LogP contribution >= 0.6 is 0 Å². The fraction of sp³-hybridized carbons (Fsp3) is 0.533. The molecule has 0 fully saturated rings. The van der Waals surface area contributed by atoms with Crippen molar-refractivity contribution in [2.24, 2.45) is 9.98 Å². The van der Waals surface area contributed by atoms with E-state index >= 15 is 0 Å². The molecule has 0 aromatic heterocycles. The van der Waals surface area contributed by atoms with Crippen LogP contribution in [0.4, 0.5) is 0 Å². The summed E-state index contributed by atoms with van der Waals surface area (Å²) in [6.07, 6.45) is 3.46. The van der Waals surface area contributed by atoms with Gasteiger partial charge in [-0.2, -0.15) is 0 Å². The van der Waals surface area contributed by atoms with Gasteiger partial charge in [0.25, 0.3) is 0 Å². The molecule has 0 heterocycles. The number of carboxylic acids is 1. The summed E-state index contributed by atoms with van der Waals surface area (Å²) in [5.74, 6) is -0.962. The summed E-state index contributed by atoms with van der Waals surface area (Å²) < 4.78 is 0. The van der Waals surface area contributed by atoms with Crippen LogP contribution in [0, 0.1) is 0 Å². The molecule has 110 valence electrons. The van der Waals surface area contributed by atoms with Gasteiger partial charge in [0.15, 0.2) is 0 Å². The van der Waals surface area contributed by atoms with Crippen LogP contribution < -0.4 is 0 Å². The van der Waals surface area contributed by atoms with Crippen molar-refractivity contribution in [2.75, 3.05) is 26.2 Å². The number of hydrogen-bond acceptors (Lipinski definition) is 4. The first-order valence-electron chi connectivity index (χ1n) is 7.10. The molecule has 5 nitrogen and oxygen atoms in total. The molecule has 0 radical (unpaired) electrons. The lowest BCUT2D eigenvalue weighted by Crippen LogP contribution is -2.35. The van der Waals surface area contributed by atoms with E-state index in [2.05, 4.69) is 28.7 Å². The quantitative estimate of drug-likeness (QED) is 0.757. The van der Waals surface area contributed by atoms with E-state index in [0.717, 1.165) is 18.8 Å². The molecule has 20 heavy (non-hydrogen) atoms. The van der Waals surface area contributed by atoms with Gasteiger partial charge in [0.1, 0.15) is 5.71 Å². The van der Waals surface area contributed by atoms with E-state index in [9.17, 15) is 9.90 Å². The Kier molecular flexibility index (Phi) is 6.15. The van der Waals surface area contributed by atoms with Crippen LogP contribution in [0.25, 0.3) is 0 Å². The summed E-state index contributed by atoms with van der Waals surface area (Å²) in [5.41, 5.74) is 2.35. The molecule has 0 aliphatic heterocycles. The Hall–Kier alpha value is -1.91. The third-order valence-electron chi connectivity index (χ3n) is 3.10. The molecule has 1 aliphatic carbocycles. The highest BCUT2D eigenvalue weighted by Gasteiger charge is 2.27. The Morgan fingerprint density at radius 3 is 2.05 bits per heavy atom. The average molecular weight is 277 g/mol. The van der Waals surface area contributed by atoms with E-state index in [1.54, 1.807) is 6.08 Å². The number of hydrogen-bond donors (Lipinski definition) is 1. The van der Waals surface area contributed by atoms with Gasteiger partial charge in [-0.05, 0) is 39.8 Å². The van der Waals surface area contributed by atoms with Crippen molar-refractivity contribution >= 4 is 17.4 Å². The minimum Gasteiger partial charge on any atom is -0.478 e. The lowest BCUT2D eigenvalue weighted by molar-refractivity contribution is -0.132. The Morgan fingerprint density at radius 2 is 1.60 bits per heavy atom. The molecule has 0 bridgehead atoms. The Balaban J connectivity index is 3.40. The second-order valence-electron chi connectivity index (χ2n) is 4.26. The summed E-state index contributed by atoms with van der Waals surface area (Å²) in [6.45, 7) is 10.8. The van der Waals surface area contributed by atoms with Crippen molar-refractivity contribution < 1.29 is 9.90 Å². The molecule has 1 N–H and O–H groups in total. The van der Waals surface area contributed by atoms with Gasteiger partial charge in [0.05, 0.1) is 17.0 Å². The fourth-order valence-corrected chi connectivity index (χ4v) is 2.19. The van der Waals surface area contributed by atoms with Gasteiger partial charge in [0, 0.05) is 26.2 Å². The number of carboxylic acid groups (broad SMARTS) is 1. The van der Waals surface area contributed by atoms with Crippen LogP contribution in [0.15, 0.2) is 33.4 Å². The molecule has 5 heteroatoms. The van der Waals surface area contributed by atoms with Crippen molar-refractivity contribution in [1.82, 2.24) is 4.90 Å². The van der Waals surface area contributed by atoms with Crippen molar-refractivity contribution in [3.8, 4) is 0 Å². The predicted molar refractivity (Wildman–Crippen MR) is 82.7 cm³/mol. The van der Waals surface area contributed by atoms with Gasteiger partial charge in [-0.1, -0.05) is 0 Å². The number of carbonyl (C=O) groups is 1. The maximum atomic E-state index is 11.4. The van der Waals surface area contributed by atoms with Crippen molar-refractivity contribution in [1.29, 1.82) is 0 Å². The van der Waals surface area contributed by atoms with Gasteiger partial charge >= 0.3 is 5.97 Å². The molecule has 0 atom stereocenters.